The van der Waals surface area contributed by atoms with Crippen LogP contribution in [-0.2, 0) is 44.7 Å². The van der Waals surface area contributed by atoms with Crippen LogP contribution in [0, 0.1) is 23.7 Å². The van der Waals surface area contributed by atoms with Crippen LogP contribution in [0.15, 0.2) is 42.5 Å². The number of aliphatic hydroxyl groups is 1. The van der Waals surface area contributed by atoms with Gasteiger partial charge in [0.25, 0.3) is 0 Å². The standard InChI is InChI=1S/C40H47N5O12/c1-39(2,3)45(38(54)57-19-56-27(47)14-13-20-11-9-8-10-12-20)18-26(46)42-24-17-25(43(4)5)22-15-21-16-23-31(44(6)7)34(50)30(37(41)53)36(52)40(23,55)35(51)28(21)33(49)29(22)32(24)48/h8-14,17,21,23,28,30-31,48,55H,15-16,18-19H2,1-7H3,(H2,41,53)(H,42,46)/t21-,23-,28?,30?,31-,40-/m0/s1. The SMILES string of the molecule is CN(C)c1cc(NC(=O)CN(C(=O)OCOC(=O)C=Cc2ccccc2)C(C)(C)C)c(O)c2c1C[C@H]1C[C@H]3[C@H](N(C)C)C(=O)C(C(N)=O)C(=O)[C@@]3(O)C(=O)C1C2=O. The number of Topliss-reactive ketones (excluding diaryl/α,β-unsaturated/α-hetero) is 4. The van der Waals surface area contributed by atoms with E-state index in [1.807, 2.05) is 6.07 Å². The van der Waals surface area contributed by atoms with Crippen LogP contribution in [0.25, 0.3) is 6.08 Å². The largest absolute Gasteiger partial charge is 0.505 e. The Bertz CT molecular complexity index is 2060. The minimum absolute atomic E-state index is 0.0113. The minimum atomic E-state index is -2.90. The number of fused-ring (bicyclic) bond motifs is 3. The molecule has 2 aromatic rings. The Morgan fingerprint density at radius 3 is 2.23 bits per heavy atom. The third-order valence-corrected chi connectivity index (χ3v) is 10.7. The number of esters is 1. The van der Waals surface area contributed by atoms with Gasteiger partial charge in [0.15, 0.2) is 34.7 Å². The van der Waals surface area contributed by atoms with Crippen LogP contribution < -0.4 is 16.0 Å². The fourth-order valence-corrected chi connectivity index (χ4v) is 8.05. The lowest BCUT2D eigenvalue weighted by molar-refractivity contribution is -0.181. The molecule has 2 fully saturated rings. The monoisotopic (exact) mass is 789 g/mol. The molecule has 3 aliphatic rings. The molecule has 5 rings (SSSR count). The molecule has 0 heterocycles. The molecule has 0 spiro atoms. The highest BCUT2D eigenvalue weighted by molar-refractivity contribution is 6.32. The molecule has 0 bridgehead atoms. The van der Waals surface area contributed by atoms with Gasteiger partial charge in [-0.2, -0.15) is 0 Å². The highest BCUT2D eigenvalue weighted by Gasteiger charge is 2.69. The highest BCUT2D eigenvalue weighted by atomic mass is 16.7. The van der Waals surface area contributed by atoms with Gasteiger partial charge >= 0.3 is 12.1 Å². The zero-order valence-corrected chi connectivity index (χ0v) is 32.7. The number of nitrogens with one attached hydrogen (secondary N) is 1. The number of nitrogens with two attached hydrogens (primary N) is 1. The lowest BCUT2D eigenvalue weighted by Crippen LogP contribution is -2.74. The van der Waals surface area contributed by atoms with Crippen molar-refractivity contribution in [3.8, 4) is 5.75 Å². The third kappa shape index (κ3) is 7.89. The average molecular weight is 790 g/mol. The van der Waals surface area contributed by atoms with Crippen LogP contribution >= 0.6 is 0 Å². The Labute approximate surface area is 328 Å². The van der Waals surface area contributed by atoms with E-state index >= 15 is 0 Å². The zero-order valence-electron chi connectivity index (χ0n) is 32.7. The Morgan fingerprint density at radius 2 is 1.65 bits per heavy atom. The van der Waals surface area contributed by atoms with Crippen molar-refractivity contribution in [3.63, 3.8) is 0 Å². The number of primary amides is 1. The van der Waals surface area contributed by atoms with E-state index in [-0.39, 0.29) is 24.1 Å². The average Bonchev–Trinajstić information content (AvgIpc) is 3.11. The van der Waals surface area contributed by atoms with Crippen LogP contribution in [0.1, 0.15) is 48.7 Å². The topological polar surface area (TPSA) is 243 Å². The summed E-state index contributed by atoms with van der Waals surface area (Å²) in [5.74, 6) is -13.8. The van der Waals surface area contributed by atoms with Crippen LogP contribution in [0.4, 0.5) is 16.2 Å². The molecule has 0 radical (unpaired) electrons. The van der Waals surface area contributed by atoms with E-state index in [4.69, 9.17) is 15.2 Å². The molecule has 304 valence electrons. The number of likely N-dealkylation sites (N-methyl/N-ethyl adjacent to an activating group) is 1. The maximum absolute atomic E-state index is 14.4. The van der Waals surface area contributed by atoms with Crippen LogP contribution in [0.3, 0.4) is 0 Å². The summed E-state index contributed by atoms with van der Waals surface area (Å²) in [7, 11) is 6.32. The smallest absolute Gasteiger partial charge is 0.413 e. The quantitative estimate of drug-likeness (QED) is 0.0873. The van der Waals surface area contributed by atoms with Gasteiger partial charge in [-0.05, 0) is 76.9 Å². The molecule has 2 saturated carbocycles. The van der Waals surface area contributed by atoms with Gasteiger partial charge in [0.05, 0.1) is 23.2 Å². The molecule has 57 heavy (non-hydrogen) atoms. The second kappa shape index (κ2) is 15.9. The number of phenols is 1. The van der Waals surface area contributed by atoms with Crippen molar-refractivity contribution in [3.05, 3.63) is 59.2 Å². The van der Waals surface area contributed by atoms with E-state index in [1.165, 1.54) is 31.1 Å². The van der Waals surface area contributed by atoms with Crippen LogP contribution in [0.5, 0.6) is 5.75 Å². The van der Waals surface area contributed by atoms with Crippen LogP contribution in [0.2, 0.25) is 0 Å². The van der Waals surface area contributed by atoms with Crippen molar-refractivity contribution >= 4 is 64.5 Å². The Balaban J connectivity index is 1.38. The number of carbonyl (C=O) groups excluding carboxylic acids is 8. The van der Waals surface area contributed by atoms with Gasteiger partial charge in [0, 0.05) is 37.3 Å². The number of aromatic hydroxyl groups is 1. The summed E-state index contributed by atoms with van der Waals surface area (Å²) in [6.45, 7) is 3.53. The molecule has 17 heteroatoms. The summed E-state index contributed by atoms with van der Waals surface area (Å²) < 4.78 is 10.1. The number of phenolic OH excluding ortho intramolecular Hbond substituents is 1. The molecule has 3 amide bonds. The highest BCUT2D eigenvalue weighted by Crippen LogP contribution is 2.52. The summed E-state index contributed by atoms with van der Waals surface area (Å²) in [5, 5.41) is 26.0. The molecule has 0 saturated heterocycles. The van der Waals surface area contributed by atoms with Gasteiger partial charge in [0.2, 0.25) is 18.6 Å². The molecule has 3 aliphatic carbocycles. The number of benzene rings is 2. The maximum atomic E-state index is 14.4. The Morgan fingerprint density at radius 1 is 1.00 bits per heavy atom. The Hall–Kier alpha value is -5.94. The number of rotatable bonds is 10. The first kappa shape index (κ1) is 42.2. The number of hydrogen-bond donors (Lipinski definition) is 4. The number of ketones is 4. The number of anilines is 2. The van der Waals surface area contributed by atoms with E-state index in [2.05, 4.69) is 5.32 Å². The second-order valence-corrected chi connectivity index (χ2v) is 15.9. The maximum Gasteiger partial charge on any atom is 0.413 e. The summed E-state index contributed by atoms with van der Waals surface area (Å²) >= 11 is 0. The summed E-state index contributed by atoms with van der Waals surface area (Å²) in [6, 6.07) is 9.15. The fourth-order valence-electron chi connectivity index (χ4n) is 8.05. The number of nitrogens with zero attached hydrogens (tertiary/aromatic N) is 3. The molecule has 5 N–H and O–H groups in total. The molecule has 17 nitrogen and oxygen atoms in total. The van der Waals surface area contributed by atoms with E-state index < -0.39 is 107 Å². The molecule has 2 aromatic carbocycles. The number of carbonyl (C=O) groups is 8. The van der Waals surface area contributed by atoms with Crippen molar-refractivity contribution in [1.82, 2.24) is 9.80 Å². The number of amides is 3. The van der Waals surface area contributed by atoms with Gasteiger partial charge in [0.1, 0.15) is 12.3 Å². The van der Waals surface area contributed by atoms with Gasteiger partial charge in [-0.1, -0.05) is 30.3 Å². The second-order valence-electron chi connectivity index (χ2n) is 15.9. The van der Waals surface area contributed by atoms with E-state index in [9.17, 15) is 48.6 Å². The van der Waals surface area contributed by atoms with E-state index in [0.29, 0.717) is 11.3 Å². The fraction of sp³-hybridized carbons (Fsp3) is 0.450. The van der Waals surface area contributed by atoms with Crippen molar-refractivity contribution in [2.45, 2.75) is 50.8 Å². The normalized spacial score (nSPS) is 24.3. The number of ether oxygens (including phenoxy) is 2. The molecular formula is C40H47N5O12. The predicted octanol–water partition coefficient (Wildman–Crippen LogP) is 1.32. The molecular weight excluding hydrogens is 742 g/mol. The van der Waals surface area contributed by atoms with Crippen molar-refractivity contribution in [2.75, 3.05) is 51.7 Å². The summed E-state index contributed by atoms with van der Waals surface area (Å²) in [5.41, 5.74) is 2.42. The lowest BCUT2D eigenvalue weighted by Gasteiger charge is -2.52. The molecule has 2 unspecified atom stereocenters. The van der Waals surface area contributed by atoms with Gasteiger partial charge in [-0.15, -0.1) is 0 Å². The van der Waals surface area contributed by atoms with E-state index in [1.54, 1.807) is 64.0 Å². The first-order valence-corrected chi connectivity index (χ1v) is 18.2. The molecule has 0 aliphatic heterocycles. The minimum Gasteiger partial charge on any atom is -0.505 e. The van der Waals surface area contributed by atoms with E-state index in [0.717, 1.165) is 16.5 Å². The van der Waals surface area contributed by atoms with Crippen molar-refractivity contribution in [2.24, 2.45) is 29.4 Å². The summed E-state index contributed by atoms with van der Waals surface area (Å²) in [4.78, 5) is 111. The molecule has 0 aromatic heterocycles. The first-order chi connectivity index (χ1) is 26.6. The Kier molecular flexibility index (Phi) is 11.8. The first-order valence-electron chi connectivity index (χ1n) is 18.2. The van der Waals surface area contributed by atoms with Crippen LogP contribution in [-0.4, -0.2) is 126 Å². The van der Waals surface area contributed by atoms with Gasteiger partial charge in [-0.25, -0.2) is 9.59 Å². The van der Waals surface area contributed by atoms with Crippen molar-refractivity contribution in [1.29, 1.82) is 0 Å². The summed E-state index contributed by atoms with van der Waals surface area (Å²) in [6.07, 6.45) is 1.57. The number of hydrogen-bond acceptors (Lipinski definition) is 14. The third-order valence-electron chi connectivity index (χ3n) is 10.7. The van der Waals surface area contributed by atoms with Gasteiger partial charge in [-0.3, -0.25) is 38.6 Å². The lowest BCUT2D eigenvalue weighted by atomic mass is 9.52. The zero-order chi connectivity index (χ0) is 42.3. The van der Waals surface area contributed by atoms with Crippen molar-refractivity contribution < 1.29 is 58.0 Å². The predicted molar refractivity (Wildman–Crippen MR) is 204 cm³/mol. The molecule has 6 atom stereocenters. The van der Waals surface area contributed by atoms with Gasteiger partial charge < -0.3 is 35.6 Å².